The fourth-order valence-electron chi connectivity index (χ4n) is 6.69. The fraction of sp³-hybridized carbons (Fsp3) is 0.963. The lowest BCUT2D eigenvalue weighted by atomic mass is 9.74. The molecule has 174 valence electrons. The summed E-state index contributed by atoms with van der Waals surface area (Å²) in [7, 11) is 0. The Kier molecular flexibility index (Phi) is 10.0. The summed E-state index contributed by atoms with van der Waals surface area (Å²) in [4.78, 5) is 12.8. The molecule has 3 fully saturated rings. The SMILES string of the molecule is CC(C)CC1CCC(NC(=O)CC2CCNC3(CCCCCCCCCC3)C2)CC1. The third kappa shape index (κ3) is 8.17. The van der Waals surface area contributed by atoms with Crippen LogP contribution in [0.15, 0.2) is 0 Å². The van der Waals surface area contributed by atoms with Crippen LogP contribution in [0, 0.1) is 17.8 Å². The second kappa shape index (κ2) is 12.5. The van der Waals surface area contributed by atoms with Crippen LogP contribution in [0.2, 0.25) is 0 Å². The van der Waals surface area contributed by atoms with Crippen molar-refractivity contribution in [2.75, 3.05) is 6.54 Å². The van der Waals surface area contributed by atoms with E-state index in [-0.39, 0.29) is 0 Å². The highest BCUT2D eigenvalue weighted by Gasteiger charge is 2.36. The molecular formula is C27H50N2O. The molecule has 0 aromatic rings. The van der Waals surface area contributed by atoms with E-state index in [0.29, 0.717) is 23.4 Å². The van der Waals surface area contributed by atoms with E-state index in [4.69, 9.17) is 0 Å². The van der Waals surface area contributed by atoms with Crippen LogP contribution in [0.1, 0.15) is 129 Å². The third-order valence-corrected chi connectivity index (χ3v) is 8.28. The first-order chi connectivity index (χ1) is 14.5. The lowest BCUT2D eigenvalue weighted by molar-refractivity contribution is -0.123. The zero-order valence-electron chi connectivity index (χ0n) is 20.2. The molecule has 0 radical (unpaired) electrons. The molecule has 2 saturated carbocycles. The van der Waals surface area contributed by atoms with Gasteiger partial charge in [0.1, 0.15) is 0 Å². The highest BCUT2D eigenvalue weighted by molar-refractivity contribution is 5.76. The zero-order valence-corrected chi connectivity index (χ0v) is 20.2. The largest absolute Gasteiger partial charge is 0.353 e. The van der Waals surface area contributed by atoms with E-state index in [1.54, 1.807) is 0 Å². The Labute approximate surface area is 186 Å². The zero-order chi connectivity index (χ0) is 21.2. The first-order valence-electron chi connectivity index (χ1n) is 13.6. The van der Waals surface area contributed by atoms with Gasteiger partial charge >= 0.3 is 0 Å². The molecule has 2 aliphatic carbocycles. The molecule has 30 heavy (non-hydrogen) atoms. The van der Waals surface area contributed by atoms with E-state index in [0.717, 1.165) is 24.8 Å². The number of hydrogen-bond acceptors (Lipinski definition) is 2. The van der Waals surface area contributed by atoms with Gasteiger partial charge in [0.15, 0.2) is 0 Å². The first-order valence-corrected chi connectivity index (χ1v) is 13.6. The van der Waals surface area contributed by atoms with Gasteiger partial charge < -0.3 is 10.6 Å². The van der Waals surface area contributed by atoms with Gasteiger partial charge in [-0.15, -0.1) is 0 Å². The van der Waals surface area contributed by atoms with Crippen LogP contribution in [0.25, 0.3) is 0 Å². The standard InChI is InChI=1S/C27H50N2O/c1-22(2)19-23-11-13-25(14-12-23)29-26(30)20-24-15-18-28-27(21-24)16-9-7-5-3-4-6-8-10-17-27/h22-25,28H,3-21H2,1-2H3,(H,29,30). The first kappa shape index (κ1) is 24.1. The minimum absolute atomic E-state index is 0.322. The number of amides is 1. The van der Waals surface area contributed by atoms with E-state index in [1.165, 1.54) is 109 Å². The van der Waals surface area contributed by atoms with Crippen LogP contribution in [-0.4, -0.2) is 24.0 Å². The molecule has 3 nitrogen and oxygen atoms in total. The predicted octanol–water partition coefficient (Wildman–Crippen LogP) is 6.75. The minimum atomic E-state index is 0.322. The Morgan fingerprint density at radius 2 is 1.47 bits per heavy atom. The summed E-state index contributed by atoms with van der Waals surface area (Å²) in [6.45, 7) is 5.78. The molecule has 1 heterocycles. The van der Waals surface area contributed by atoms with E-state index in [2.05, 4.69) is 24.5 Å². The number of rotatable bonds is 5. The summed E-state index contributed by atoms with van der Waals surface area (Å²) in [5.74, 6) is 2.61. The van der Waals surface area contributed by atoms with E-state index in [1.807, 2.05) is 0 Å². The van der Waals surface area contributed by atoms with Gasteiger partial charge in [0.05, 0.1) is 0 Å². The molecule has 1 amide bonds. The maximum atomic E-state index is 12.8. The number of carbonyl (C=O) groups excluding carboxylic acids is 1. The molecule has 1 atom stereocenters. The summed E-state index contributed by atoms with van der Waals surface area (Å²) in [6, 6.07) is 0.439. The van der Waals surface area contributed by atoms with Gasteiger partial charge in [0.25, 0.3) is 0 Å². The van der Waals surface area contributed by atoms with Crippen molar-refractivity contribution >= 4 is 5.91 Å². The molecule has 1 spiro atoms. The smallest absolute Gasteiger partial charge is 0.220 e. The molecular weight excluding hydrogens is 368 g/mol. The normalized spacial score (nSPS) is 31.2. The number of hydrogen-bond donors (Lipinski definition) is 2. The van der Waals surface area contributed by atoms with Gasteiger partial charge in [-0.25, -0.2) is 0 Å². The maximum absolute atomic E-state index is 12.8. The second-order valence-electron chi connectivity index (χ2n) is 11.5. The van der Waals surface area contributed by atoms with Gasteiger partial charge in [0.2, 0.25) is 5.91 Å². The van der Waals surface area contributed by atoms with Gasteiger partial charge in [0, 0.05) is 18.0 Å². The maximum Gasteiger partial charge on any atom is 0.220 e. The van der Waals surface area contributed by atoms with Crippen LogP contribution < -0.4 is 10.6 Å². The van der Waals surface area contributed by atoms with E-state index < -0.39 is 0 Å². The van der Waals surface area contributed by atoms with Gasteiger partial charge in [-0.3, -0.25) is 4.79 Å². The number of piperidine rings is 1. The van der Waals surface area contributed by atoms with Crippen molar-refractivity contribution in [2.24, 2.45) is 17.8 Å². The molecule has 3 aliphatic rings. The van der Waals surface area contributed by atoms with Crippen molar-refractivity contribution in [1.82, 2.24) is 10.6 Å². The van der Waals surface area contributed by atoms with Crippen LogP contribution >= 0.6 is 0 Å². The molecule has 0 aromatic carbocycles. The molecule has 2 N–H and O–H groups in total. The van der Waals surface area contributed by atoms with Gasteiger partial charge in [-0.1, -0.05) is 65.2 Å². The molecule has 3 heteroatoms. The molecule has 1 saturated heterocycles. The van der Waals surface area contributed by atoms with Crippen LogP contribution in [0.5, 0.6) is 0 Å². The summed E-state index contributed by atoms with van der Waals surface area (Å²) in [5.41, 5.74) is 0.322. The molecule has 1 aliphatic heterocycles. The lowest BCUT2D eigenvalue weighted by Gasteiger charge is -2.43. The average molecular weight is 419 g/mol. The van der Waals surface area contributed by atoms with Crippen LogP contribution in [0.3, 0.4) is 0 Å². The van der Waals surface area contributed by atoms with Gasteiger partial charge in [-0.05, 0) is 82.1 Å². The Balaban J connectivity index is 1.43. The predicted molar refractivity (Wildman–Crippen MR) is 128 cm³/mol. The summed E-state index contributed by atoms with van der Waals surface area (Å²) in [5, 5.41) is 7.36. The number of carbonyl (C=O) groups is 1. The van der Waals surface area contributed by atoms with Crippen molar-refractivity contribution in [3.8, 4) is 0 Å². The Hall–Kier alpha value is -0.570. The molecule has 1 unspecified atom stereocenters. The minimum Gasteiger partial charge on any atom is -0.353 e. The lowest BCUT2D eigenvalue weighted by Crippen LogP contribution is -2.51. The molecule has 3 rings (SSSR count). The van der Waals surface area contributed by atoms with Crippen molar-refractivity contribution < 1.29 is 4.79 Å². The van der Waals surface area contributed by atoms with Crippen molar-refractivity contribution in [2.45, 2.75) is 141 Å². The average Bonchev–Trinajstić information content (AvgIpc) is 2.75. The summed E-state index contributed by atoms with van der Waals surface area (Å²) >= 11 is 0. The van der Waals surface area contributed by atoms with Gasteiger partial charge in [-0.2, -0.15) is 0 Å². The van der Waals surface area contributed by atoms with Crippen molar-refractivity contribution in [3.63, 3.8) is 0 Å². The summed E-state index contributed by atoms with van der Waals surface area (Å²) in [6.07, 6.45) is 23.4. The Bertz CT molecular complexity index is 483. The third-order valence-electron chi connectivity index (χ3n) is 8.28. The molecule has 0 aromatic heterocycles. The Morgan fingerprint density at radius 1 is 0.867 bits per heavy atom. The fourth-order valence-corrected chi connectivity index (χ4v) is 6.69. The summed E-state index contributed by atoms with van der Waals surface area (Å²) < 4.78 is 0. The molecule has 0 bridgehead atoms. The topological polar surface area (TPSA) is 41.1 Å². The Morgan fingerprint density at radius 3 is 2.07 bits per heavy atom. The quantitative estimate of drug-likeness (QED) is 0.518. The van der Waals surface area contributed by atoms with Crippen molar-refractivity contribution in [3.05, 3.63) is 0 Å². The highest BCUT2D eigenvalue weighted by atomic mass is 16.1. The van der Waals surface area contributed by atoms with Crippen molar-refractivity contribution in [1.29, 1.82) is 0 Å². The van der Waals surface area contributed by atoms with Crippen LogP contribution in [-0.2, 0) is 4.79 Å². The van der Waals surface area contributed by atoms with E-state index in [9.17, 15) is 4.79 Å². The van der Waals surface area contributed by atoms with E-state index >= 15 is 0 Å². The second-order valence-corrected chi connectivity index (χ2v) is 11.5. The van der Waals surface area contributed by atoms with Crippen LogP contribution in [0.4, 0.5) is 0 Å². The number of nitrogens with one attached hydrogen (secondary N) is 2. The highest BCUT2D eigenvalue weighted by Crippen LogP contribution is 2.36. The monoisotopic (exact) mass is 418 g/mol.